The smallest absolute Gasteiger partial charge is 0.355 e. The first-order chi connectivity index (χ1) is 20.1. The number of carbonyl (C=O) groups is 1. The fourth-order valence-electron chi connectivity index (χ4n) is 4.90. The molecule has 1 aliphatic carbocycles. The summed E-state index contributed by atoms with van der Waals surface area (Å²) in [6, 6.07) is 15.7. The first-order valence-electron chi connectivity index (χ1n) is 13.2. The van der Waals surface area contributed by atoms with Gasteiger partial charge >= 0.3 is 5.97 Å². The van der Waals surface area contributed by atoms with Gasteiger partial charge in [-0.2, -0.15) is 5.10 Å². The van der Waals surface area contributed by atoms with Gasteiger partial charge < -0.3 is 5.11 Å². The SMILES string of the molecule is Cc1ccc(-c2cccc(-c3nn(-c4nc(C(=O)O)cs4)c(CC4CC4)c3Cc3ccc(S(N)(=O)=O)c(F)c3)c2)cn1. The molecule has 214 valence electrons. The molecule has 0 spiro atoms. The zero-order chi connectivity index (χ0) is 29.6. The molecule has 9 nitrogen and oxygen atoms in total. The lowest BCUT2D eigenvalue weighted by molar-refractivity contribution is 0.0691. The minimum absolute atomic E-state index is 0.0690. The van der Waals surface area contributed by atoms with E-state index in [0.717, 1.165) is 46.5 Å². The molecular formula is C30H26FN5O4S2. The molecule has 0 aliphatic heterocycles. The molecule has 0 saturated heterocycles. The third-order valence-corrected chi connectivity index (χ3v) is 8.99. The highest BCUT2D eigenvalue weighted by Crippen LogP contribution is 2.39. The average molecular weight is 604 g/mol. The normalized spacial score (nSPS) is 13.4. The van der Waals surface area contributed by atoms with E-state index >= 15 is 0 Å². The van der Waals surface area contributed by atoms with E-state index in [1.54, 1.807) is 10.7 Å². The quantitative estimate of drug-likeness (QED) is 0.230. The van der Waals surface area contributed by atoms with Crippen LogP contribution in [0.25, 0.3) is 27.5 Å². The van der Waals surface area contributed by atoms with E-state index in [0.29, 0.717) is 28.7 Å². The number of carboxylic acid groups (broad SMARTS) is 1. The molecule has 5 aromatic rings. The van der Waals surface area contributed by atoms with E-state index in [-0.39, 0.29) is 12.1 Å². The number of carboxylic acids is 1. The van der Waals surface area contributed by atoms with Crippen molar-refractivity contribution in [2.24, 2.45) is 11.1 Å². The zero-order valence-electron chi connectivity index (χ0n) is 22.5. The highest BCUT2D eigenvalue weighted by Gasteiger charge is 2.29. The summed E-state index contributed by atoms with van der Waals surface area (Å²) in [6.45, 7) is 1.92. The Labute approximate surface area is 245 Å². The topological polar surface area (TPSA) is 141 Å². The number of sulfonamides is 1. The number of aromatic carboxylic acids is 1. The van der Waals surface area contributed by atoms with Crippen LogP contribution in [-0.4, -0.2) is 39.2 Å². The van der Waals surface area contributed by atoms with Crippen LogP contribution >= 0.6 is 11.3 Å². The van der Waals surface area contributed by atoms with Gasteiger partial charge in [-0.1, -0.05) is 30.3 Å². The van der Waals surface area contributed by atoms with E-state index in [1.165, 1.54) is 28.8 Å². The largest absolute Gasteiger partial charge is 0.476 e. The van der Waals surface area contributed by atoms with Crippen molar-refractivity contribution in [3.8, 4) is 27.5 Å². The summed E-state index contributed by atoms with van der Waals surface area (Å²) in [4.78, 5) is 19.8. The van der Waals surface area contributed by atoms with Gasteiger partial charge in [0.15, 0.2) is 5.69 Å². The summed E-state index contributed by atoms with van der Waals surface area (Å²) in [6.07, 6.45) is 4.87. The van der Waals surface area contributed by atoms with Gasteiger partial charge in [-0.3, -0.25) is 4.98 Å². The molecule has 0 bridgehead atoms. The second kappa shape index (κ2) is 10.9. The van der Waals surface area contributed by atoms with Gasteiger partial charge in [0.1, 0.15) is 10.7 Å². The second-order valence-corrected chi connectivity index (χ2v) is 12.8. The third-order valence-electron chi connectivity index (χ3n) is 7.23. The Morgan fingerprint density at radius 1 is 1.12 bits per heavy atom. The summed E-state index contributed by atoms with van der Waals surface area (Å²) in [7, 11) is -4.21. The molecule has 0 amide bonds. The Bertz CT molecular complexity index is 1930. The van der Waals surface area contributed by atoms with Gasteiger partial charge in [-0.05, 0) is 67.5 Å². The highest BCUT2D eigenvalue weighted by molar-refractivity contribution is 7.89. The molecule has 12 heteroatoms. The van der Waals surface area contributed by atoms with Crippen LogP contribution in [0.2, 0.25) is 0 Å². The van der Waals surface area contributed by atoms with Crippen molar-refractivity contribution in [2.75, 3.05) is 0 Å². The third kappa shape index (κ3) is 5.73. The van der Waals surface area contributed by atoms with Crippen LogP contribution < -0.4 is 5.14 Å². The van der Waals surface area contributed by atoms with Crippen LogP contribution in [0.3, 0.4) is 0 Å². The summed E-state index contributed by atoms with van der Waals surface area (Å²) < 4.78 is 40.2. The summed E-state index contributed by atoms with van der Waals surface area (Å²) in [5.74, 6) is -1.61. The minimum Gasteiger partial charge on any atom is -0.476 e. The maximum Gasteiger partial charge on any atom is 0.355 e. The number of primary sulfonamides is 1. The molecule has 1 fully saturated rings. The van der Waals surface area contributed by atoms with Gasteiger partial charge in [-0.15, -0.1) is 11.3 Å². The number of thiazole rings is 1. The molecule has 3 aromatic heterocycles. The Balaban J connectivity index is 1.52. The van der Waals surface area contributed by atoms with E-state index in [2.05, 4.69) is 9.97 Å². The van der Waals surface area contributed by atoms with Crippen molar-refractivity contribution in [3.63, 3.8) is 0 Å². The number of halogens is 1. The van der Waals surface area contributed by atoms with Gasteiger partial charge in [0, 0.05) is 40.4 Å². The number of pyridine rings is 1. The molecule has 0 radical (unpaired) electrons. The van der Waals surface area contributed by atoms with Gasteiger partial charge in [-0.25, -0.2) is 32.4 Å². The number of aromatic nitrogens is 4. The van der Waals surface area contributed by atoms with Crippen LogP contribution in [0, 0.1) is 18.7 Å². The number of nitrogens with two attached hydrogens (primary N) is 1. The van der Waals surface area contributed by atoms with Gasteiger partial charge in [0.25, 0.3) is 0 Å². The van der Waals surface area contributed by atoms with Crippen LogP contribution in [-0.2, 0) is 22.9 Å². The highest BCUT2D eigenvalue weighted by atomic mass is 32.2. The van der Waals surface area contributed by atoms with E-state index < -0.39 is 26.7 Å². The fraction of sp³-hybridized carbons (Fsp3) is 0.200. The van der Waals surface area contributed by atoms with Crippen molar-refractivity contribution < 1.29 is 22.7 Å². The second-order valence-electron chi connectivity index (χ2n) is 10.4. The van der Waals surface area contributed by atoms with Crippen LogP contribution in [0.1, 0.15) is 45.8 Å². The lowest BCUT2D eigenvalue weighted by atomic mass is 9.95. The van der Waals surface area contributed by atoms with Crippen molar-refractivity contribution in [1.82, 2.24) is 19.7 Å². The first-order valence-corrected chi connectivity index (χ1v) is 15.6. The van der Waals surface area contributed by atoms with Crippen molar-refractivity contribution in [2.45, 2.75) is 37.5 Å². The van der Waals surface area contributed by atoms with E-state index in [9.17, 15) is 22.7 Å². The lowest BCUT2D eigenvalue weighted by Gasteiger charge is -2.10. The van der Waals surface area contributed by atoms with E-state index in [1.807, 2.05) is 49.5 Å². The minimum atomic E-state index is -4.21. The Kier molecular flexibility index (Phi) is 7.21. The van der Waals surface area contributed by atoms with E-state index in [4.69, 9.17) is 10.2 Å². The molecule has 1 aliphatic rings. The van der Waals surface area contributed by atoms with Crippen LogP contribution in [0.15, 0.2) is 71.1 Å². The molecule has 6 rings (SSSR count). The Morgan fingerprint density at radius 3 is 2.55 bits per heavy atom. The molecule has 1 saturated carbocycles. The van der Waals surface area contributed by atoms with Crippen molar-refractivity contribution in [3.05, 3.63) is 100 Å². The van der Waals surface area contributed by atoms with Crippen LogP contribution in [0.4, 0.5) is 4.39 Å². The molecule has 0 atom stereocenters. The number of benzene rings is 2. The Hall–Kier alpha value is -4.26. The maximum atomic E-state index is 14.9. The molecule has 0 unspecified atom stereocenters. The monoisotopic (exact) mass is 603 g/mol. The first kappa shape index (κ1) is 27.9. The number of rotatable bonds is 9. The standard InChI is InChI=1S/C30H26FN5O4S2/c1-17-5-9-22(15-33-17)20-3-2-4-21(14-20)28-23(11-19-8-10-27(24(31)12-19)42(32,39)40)26(13-18-6-7-18)36(35-28)30-34-25(16-41-30)29(37)38/h2-5,8-10,12,14-16,18H,6-7,11,13H2,1H3,(H,37,38)(H2,32,39,40). The van der Waals surface area contributed by atoms with Gasteiger partial charge in [0.2, 0.25) is 15.2 Å². The van der Waals surface area contributed by atoms with Crippen molar-refractivity contribution >= 4 is 27.3 Å². The average Bonchev–Trinajstić information content (AvgIpc) is 3.50. The predicted molar refractivity (Wildman–Crippen MR) is 157 cm³/mol. The lowest BCUT2D eigenvalue weighted by Crippen LogP contribution is -2.14. The van der Waals surface area contributed by atoms with Gasteiger partial charge in [0.05, 0.1) is 11.4 Å². The predicted octanol–water partition coefficient (Wildman–Crippen LogP) is 5.39. The molecule has 42 heavy (non-hydrogen) atoms. The summed E-state index contributed by atoms with van der Waals surface area (Å²) >= 11 is 1.18. The molecule has 2 aromatic carbocycles. The number of hydrogen-bond acceptors (Lipinski definition) is 7. The maximum absolute atomic E-state index is 14.9. The number of nitrogens with zero attached hydrogens (tertiary/aromatic N) is 4. The molecular weight excluding hydrogens is 577 g/mol. The molecule has 3 heterocycles. The van der Waals surface area contributed by atoms with Crippen LogP contribution in [0.5, 0.6) is 0 Å². The fourth-order valence-corrected chi connectivity index (χ4v) is 6.26. The Morgan fingerprint density at radius 2 is 1.90 bits per heavy atom. The summed E-state index contributed by atoms with van der Waals surface area (Å²) in [5, 5.41) is 21.5. The number of hydrogen-bond donors (Lipinski definition) is 2. The molecule has 3 N–H and O–H groups in total. The zero-order valence-corrected chi connectivity index (χ0v) is 24.1. The van der Waals surface area contributed by atoms with Crippen molar-refractivity contribution in [1.29, 1.82) is 0 Å². The number of aryl methyl sites for hydroxylation is 1. The summed E-state index contributed by atoms with van der Waals surface area (Å²) in [5.41, 5.74) is 6.41.